The minimum atomic E-state index is -3.26. The Morgan fingerprint density at radius 3 is 2.53 bits per heavy atom. The third-order valence-electron chi connectivity index (χ3n) is 2.72. The van der Waals surface area contributed by atoms with Gasteiger partial charge in [-0.2, -0.15) is 0 Å². The Morgan fingerprint density at radius 1 is 1.33 bits per heavy atom. The highest BCUT2D eigenvalue weighted by atomic mass is 127. The maximum Gasteiger partial charge on any atom is 0.279 e. The molecule has 1 unspecified atom stereocenters. The van der Waals surface area contributed by atoms with E-state index in [9.17, 15) is 17.6 Å². The maximum absolute atomic E-state index is 13.5. The van der Waals surface area contributed by atoms with Crippen molar-refractivity contribution < 1.29 is 17.6 Å². The number of rotatable bonds is 0. The van der Waals surface area contributed by atoms with Gasteiger partial charge in [0.05, 0.1) is 9.13 Å². The molecule has 82 valence electrons. The van der Waals surface area contributed by atoms with Gasteiger partial charge in [0, 0.05) is 5.92 Å². The van der Waals surface area contributed by atoms with Crippen molar-refractivity contribution in [2.24, 2.45) is 5.92 Å². The molecule has 0 aliphatic heterocycles. The summed E-state index contributed by atoms with van der Waals surface area (Å²) in [5.74, 6) is -6.81. The van der Waals surface area contributed by atoms with Gasteiger partial charge in [-0.15, -0.1) is 0 Å². The normalized spacial score (nSPS) is 22.9. The van der Waals surface area contributed by atoms with Crippen molar-refractivity contribution in [2.75, 3.05) is 0 Å². The van der Waals surface area contributed by atoms with Gasteiger partial charge in [-0.05, 0) is 40.6 Å². The van der Waals surface area contributed by atoms with E-state index in [1.165, 1.54) is 13.0 Å². The van der Waals surface area contributed by atoms with Crippen LogP contribution >= 0.6 is 22.6 Å². The van der Waals surface area contributed by atoms with Crippen LogP contribution in [-0.4, -0.2) is 0 Å². The topological polar surface area (TPSA) is 0 Å². The zero-order valence-corrected chi connectivity index (χ0v) is 9.91. The van der Waals surface area contributed by atoms with Crippen LogP contribution in [-0.2, 0) is 12.3 Å². The Balaban J connectivity index is 2.72. The number of hydrogen-bond donors (Lipinski definition) is 0. The molecule has 0 fully saturated rings. The molecule has 0 bridgehead atoms. The molecule has 0 saturated carbocycles. The lowest BCUT2D eigenvalue weighted by Crippen LogP contribution is -2.19. The average molecular weight is 330 g/mol. The van der Waals surface area contributed by atoms with E-state index in [1.54, 1.807) is 22.6 Å². The third kappa shape index (κ3) is 1.46. The molecule has 1 atom stereocenters. The Labute approximate surface area is 97.8 Å². The largest absolute Gasteiger partial charge is 0.279 e. The van der Waals surface area contributed by atoms with Crippen LogP contribution in [0.2, 0.25) is 0 Å². The summed E-state index contributed by atoms with van der Waals surface area (Å²) in [6.07, 6.45) is 0.0928. The van der Waals surface area contributed by atoms with Crippen molar-refractivity contribution in [3.05, 3.63) is 32.4 Å². The Kier molecular flexibility index (Phi) is 2.48. The molecule has 15 heavy (non-hydrogen) atoms. The summed E-state index contributed by atoms with van der Waals surface area (Å²) in [5, 5.41) is 0. The lowest BCUT2D eigenvalue weighted by atomic mass is 10.0. The summed E-state index contributed by atoms with van der Waals surface area (Å²) < 4.78 is 53.6. The van der Waals surface area contributed by atoms with Gasteiger partial charge in [0.15, 0.2) is 11.6 Å². The van der Waals surface area contributed by atoms with E-state index in [0.29, 0.717) is 0 Å². The second kappa shape index (κ2) is 3.33. The summed E-state index contributed by atoms with van der Waals surface area (Å²) in [6, 6.07) is 1.30. The highest BCUT2D eigenvalue weighted by Gasteiger charge is 2.49. The zero-order chi connectivity index (χ0) is 11.4. The Morgan fingerprint density at radius 2 is 1.93 bits per heavy atom. The molecule has 0 heterocycles. The van der Waals surface area contributed by atoms with Crippen molar-refractivity contribution in [1.82, 2.24) is 0 Å². The lowest BCUT2D eigenvalue weighted by Gasteiger charge is -2.16. The Bertz CT molecular complexity index is 428. The third-order valence-corrected chi connectivity index (χ3v) is 3.51. The van der Waals surface area contributed by atoms with Crippen molar-refractivity contribution in [1.29, 1.82) is 0 Å². The van der Waals surface area contributed by atoms with Crippen molar-refractivity contribution in [3.8, 4) is 0 Å². The van der Waals surface area contributed by atoms with Crippen LogP contribution in [0.15, 0.2) is 6.07 Å². The van der Waals surface area contributed by atoms with Crippen LogP contribution in [0, 0.1) is 21.1 Å². The molecule has 5 heteroatoms. The first-order chi connectivity index (χ1) is 6.85. The van der Waals surface area contributed by atoms with Crippen molar-refractivity contribution in [3.63, 3.8) is 0 Å². The molecular weight excluding hydrogens is 323 g/mol. The molecule has 0 radical (unpaired) electrons. The number of halogens is 5. The van der Waals surface area contributed by atoms with Crippen LogP contribution in [0.5, 0.6) is 0 Å². The first kappa shape index (κ1) is 11.2. The van der Waals surface area contributed by atoms with E-state index in [-0.39, 0.29) is 15.6 Å². The maximum atomic E-state index is 13.5. The summed E-state index contributed by atoms with van der Waals surface area (Å²) >= 11 is 1.60. The van der Waals surface area contributed by atoms with E-state index in [4.69, 9.17) is 0 Å². The predicted octanol–water partition coefficient (Wildman–Crippen LogP) is 3.85. The van der Waals surface area contributed by atoms with Gasteiger partial charge in [0.1, 0.15) is 0 Å². The first-order valence-electron chi connectivity index (χ1n) is 4.40. The molecule has 1 aliphatic rings. The molecule has 1 aliphatic carbocycles. The minimum absolute atomic E-state index is 0.0498. The molecule has 0 saturated heterocycles. The smallest absolute Gasteiger partial charge is 0.203 e. The van der Waals surface area contributed by atoms with Gasteiger partial charge < -0.3 is 0 Å². The number of benzene rings is 1. The van der Waals surface area contributed by atoms with Gasteiger partial charge in [-0.25, -0.2) is 17.6 Å². The van der Waals surface area contributed by atoms with E-state index in [0.717, 1.165) is 0 Å². The molecule has 0 amide bonds. The second-order valence-electron chi connectivity index (χ2n) is 3.75. The molecular formula is C10H7F4I. The van der Waals surface area contributed by atoms with Crippen molar-refractivity contribution in [2.45, 2.75) is 19.3 Å². The van der Waals surface area contributed by atoms with E-state index < -0.39 is 29.0 Å². The number of fused-ring (bicyclic) bond motifs is 1. The standard InChI is InChI=1S/C10H7F4I/c1-4-2-5-3-6(15)8(11)9(12)7(5)10(4,13)14/h3-4H,2H2,1H3. The van der Waals surface area contributed by atoms with Gasteiger partial charge >= 0.3 is 0 Å². The SMILES string of the molecule is CC1Cc2cc(I)c(F)c(F)c2C1(F)F. The molecule has 0 nitrogen and oxygen atoms in total. The molecule has 1 aromatic carbocycles. The molecule has 2 rings (SSSR count). The summed E-state index contributed by atoms with van der Waals surface area (Å²) in [7, 11) is 0. The number of alkyl halides is 2. The average Bonchev–Trinajstić information content (AvgIpc) is 2.34. The highest BCUT2D eigenvalue weighted by Crippen LogP contribution is 2.47. The van der Waals surface area contributed by atoms with Crippen LogP contribution in [0.3, 0.4) is 0 Å². The zero-order valence-electron chi connectivity index (χ0n) is 7.75. The van der Waals surface area contributed by atoms with E-state index >= 15 is 0 Å². The molecule has 0 spiro atoms. The molecule has 1 aromatic rings. The first-order valence-corrected chi connectivity index (χ1v) is 5.48. The van der Waals surface area contributed by atoms with Gasteiger partial charge in [-0.1, -0.05) is 6.92 Å². The van der Waals surface area contributed by atoms with Crippen LogP contribution in [0.25, 0.3) is 0 Å². The summed E-state index contributed by atoms with van der Waals surface area (Å²) in [6.45, 7) is 1.34. The predicted molar refractivity (Wildman–Crippen MR) is 55.8 cm³/mol. The van der Waals surface area contributed by atoms with Crippen LogP contribution in [0.4, 0.5) is 17.6 Å². The number of hydrogen-bond acceptors (Lipinski definition) is 0. The monoisotopic (exact) mass is 330 g/mol. The lowest BCUT2D eigenvalue weighted by molar-refractivity contribution is -0.0481. The second-order valence-corrected chi connectivity index (χ2v) is 4.91. The fourth-order valence-electron chi connectivity index (χ4n) is 1.87. The highest BCUT2D eigenvalue weighted by molar-refractivity contribution is 14.1. The van der Waals surface area contributed by atoms with E-state index in [1.807, 2.05) is 0 Å². The molecule has 0 aromatic heterocycles. The molecule has 0 N–H and O–H groups in total. The minimum Gasteiger partial charge on any atom is -0.203 e. The summed E-state index contributed by atoms with van der Waals surface area (Å²) in [4.78, 5) is 0. The Hall–Kier alpha value is -0.330. The van der Waals surface area contributed by atoms with Crippen molar-refractivity contribution >= 4 is 22.6 Å². The van der Waals surface area contributed by atoms with Crippen LogP contribution in [0.1, 0.15) is 18.1 Å². The van der Waals surface area contributed by atoms with Gasteiger partial charge in [0.2, 0.25) is 0 Å². The van der Waals surface area contributed by atoms with Gasteiger partial charge in [0.25, 0.3) is 5.92 Å². The van der Waals surface area contributed by atoms with Gasteiger partial charge in [-0.3, -0.25) is 0 Å². The van der Waals surface area contributed by atoms with E-state index in [2.05, 4.69) is 0 Å². The fraction of sp³-hybridized carbons (Fsp3) is 0.400. The fourth-order valence-corrected chi connectivity index (χ4v) is 2.48. The van der Waals surface area contributed by atoms with Crippen LogP contribution < -0.4 is 0 Å². The summed E-state index contributed by atoms with van der Waals surface area (Å²) in [5.41, 5.74) is -0.538. The quantitative estimate of drug-likeness (QED) is 0.385.